The molecule has 21 heavy (non-hydrogen) atoms. The topological polar surface area (TPSA) is 39.4 Å². The number of esters is 1. The van der Waals surface area contributed by atoms with E-state index in [1.54, 1.807) is 42.5 Å². The molecule has 0 saturated heterocycles. The van der Waals surface area contributed by atoms with Gasteiger partial charge in [0.1, 0.15) is 11.5 Å². The normalized spacial score (nSPS) is 10.3. The van der Waals surface area contributed by atoms with Crippen LogP contribution in [0.2, 0.25) is 5.02 Å². The molecule has 3 rings (SSSR count). The van der Waals surface area contributed by atoms with E-state index in [1.807, 2.05) is 24.3 Å². The Morgan fingerprint density at radius 3 is 2.38 bits per heavy atom. The monoisotopic (exact) mass is 298 g/mol. The Kier molecular flexibility index (Phi) is 3.75. The molecule has 0 bridgehead atoms. The molecule has 0 amide bonds. The van der Waals surface area contributed by atoms with Gasteiger partial charge in [0.25, 0.3) is 0 Å². The molecular formula is C17H11ClO3. The van der Waals surface area contributed by atoms with Crippen LogP contribution in [0.15, 0.2) is 71.1 Å². The molecule has 0 spiro atoms. The number of hydrogen-bond donors (Lipinski definition) is 0. The molecule has 3 aromatic rings. The van der Waals surface area contributed by atoms with Crippen molar-refractivity contribution in [1.82, 2.24) is 0 Å². The van der Waals surface area contributed by atoms with Crippen LogP contribution in [0.3, 0.4) is 0 Å². The summed E-state index contributed by atoms with van der Waals surface area (Å²) in [5.74, 6) is 0.590. The van der Waals surface area contributed by atoms with E-state index in [9.17, 15) is 4.79 Å². The van der Waals surface area contributed by atoms with Crippen LogP contribution in [0, 0.1) is 0 Å². The lowest BCUT2D eigenvalue weighted by molar-refractivity contribution is 0.0702. The van der Waals surface area contributed by atoms with E-state index in [0.717, 1.165) is 5.56 Å². The van der Waals surface area contributed by atoms with E-state index >= 15 is 0 Å². The molecule has 0 aliphatic carbocycles. The number of para-hydroxylation sites is 1. The fraction of sp³-hybridized carbons (Fsp3) is 0. The molecule has 3 nitrogen and oxygen atoms in total. The zero-order valence-electron chi connectivity index (χ0n) is 11.0. The molecule has 2 aromatic carbocycles. The SMILES string of the molecule is O=C(Oc1ccccc1)c1ccc(-c2ccccc2Cl)o1. The van der Waals surface area contributed by atoms with Gasteiger partial charge in [-0.3, -0.25) is 0 Å². The minimum absolute atomic E-state index is 0.133. The predicted molar refractivity (Wildman–Crippen MR) is 80.6 cm³/mol. The molecule has 104 valence electrons. The lowest BCUT2D eigenvalue weighted by Gasteiger charge is -2.02. The van der Waals surface area contributed by atoms with Gasteiger partial charge < -0.3 is 9.15 Å². The molecule has 0 aliphatic rings. The van der Waals surface area contributed by atoms with E-state index in [0.29, 0.717) is 16.5 Å². The van der Waals surface area contributed by atoms with E-state index in [1.165, 1.54) is 0 Å². The average molecular weight is 299 g/mol. The molecule has 0 radical (unpaired) electrons. The number of carbonyl (C=O) groups is 1. The van der Waals surface area contributed by atoms with Crippen molar-refractivity contribution >= 4 is 17.6 Å². The van der Waals surface area contributed by atoms with Gasteiger partial charge in [-0.05, 0) is 36.4 Å². The smallest absolute Gasteiger partial charge is 0.379 e. The van der Waals surface area contributed by atoms with Gasteiger partial charge in [-0.15, -0.1) is 0 Å². The number of ether oxygens (including phenoxy) is 1. The first-order valence-electron chi connectivity index (χ1n) is 6.36. The first-order chi connectivity index (χ1) is 10.2. The summed E-state index contributed by atoms with van der Waals surface area (Å²) >= 11 is 6.10. The molecule has 4 heteroatoms. The minimum Gasteiger partial charge on any atom is -0.449 e. The summed E-state index contributed by atoms with van der Waals surface area (Å²) in [6.07, 6.45) is 0. The third-order valence-corrected chi connectivity index (χ3v) is 3.23. The molecule has 1 heterocycles. The van der Waals surface area contributed by atoms with Crippen LogP contribution in [0.4, 0.5) is 0 Å². The average Bonchev–Trinajstić information content (AvgIpc) is 2.98. The van der Waals surface area contributed by atoms with Gasteiger partial charge in [0, 0.05) is 5.56 Å². The Balaban J connectivity index is 1.82. The maximum absolute atomic E-state index is 12.0. The lowest BCUT2D eigenvalue weighted by Crippen LogP contribution is -2.06. The fourth-order valence-corrected chi connectivity index (χ4v) is 2.13. The van der Waals surface area contributed by atoms with Crippen LogP contribution in [-0.4, -0.2) is 5.97 Å². The van der Waals surface area contributed by atoms with Crippen LogP contribution in [0.5, 0.6) is 5.75 Å². The number of benzene rings is 2. The largest absolute Gasteiger partial charge is 0.449 e. The van der Waals surface area contributed by atoms with Gasteiger partial charge in [0.15, 0.2) is 0 Å². The quantitative estimate of drug-likeness (QED) is 0.514. The van der Waals surface area contributed by atoms with Crippen molar-refractivity contribution in [2.45, 2.75) is 0 Å². The van der Waals surface area contributed by atoms with Crippen molar-refractivity contribution in [2.75, 3.05) is 0 Å². The summed E-state index contributed by atoms with van der Waals surface area (Å²) < 4.78 is 10.7. The number of carbonyl (C=O) groups excluding carboxylic acids is 1. The van der Waals surface area contributed by atoms with E-state index < -0.39 is 5.97 Å². The van der Waals surface area contributed by atoms with Gasteiger partial charge in [-0.2, -0.15) is 0 Å². The molecule has 0 fully saturated rings. The molecular weight excluding hydrogens is 288 g/mol. The maximum atomic E-state index is 12.0. The number of rotatable bonds is 3. The third kappa shape index (κ3) is 2.98. The highest BCUT2D eigenvalue weighted by Gasteiger charge is 2.15. The molecule has 0 aliphatic heterocycles. The first kappa shape index (κ1) is 13.5. The molecule has 1 aromatic heterocycles. The summed E-state index contributed by atoms with van der Waals surface area (Å²) in [6.45, 7) is 0. The zero-order valence-corrected chi connectivity index (χ0v) is 11.7. The second kappa shape index (κ2) is 5.85. The summed E-state index contributed by atoms with van der Waals surface area (Å²) in [7, 11) is 0. The molecule has 0 atom stereocenters. The Hall–Kier alpha value is -2.52. The van der Waals surface area contributed by atoms with Gasteiger partial charge in [-0.1, -0.05) is 41.9 Å². The highest BCUT2D eigenvalue weighted by Crippen LogP contribution is 2.29. The predicted octanol–water partition coefficient (Wildman–Crippen LogP) is 4.82. The zero-order chi connectivity index (χ0) is 14.7. The van der Waals surface area contributed by atoms with Crippen molar-refractivity contribution in [3.63, 3.8) is 0 Å². The third-order valence-electron chi connectivity index (χ3n) is 2.90. The summed E-state index contributed by atoms with van der Waals surface area (Å²) in [4.78, 5) is 12.0. The molecule has 0 unspecified atom stereocenters. The van der Waals surface area contributed by atoms with Gasteiger partial charge in [0.2, 0.25) is 5.76 Å². The van der Waals surface area contributed by atoms with Crippen molar-refractivity contribution in [1.29, 1.82) is 0 Å². The Morgan fingerprint density at radius 1 is 0.905 bits per heavy atom. The standard InChI is InChI=1S/C17H11ClO3/c18-14-9-5-4-8-13(14)15-10-11-16(21-15)17(19)20-12-6-2-1-3-7-12/h1-11H. The van der Waals surface area contributed by atoms with Gasteiger partial charge in [-0.25, -0.2) is 4.79 Å². The van der Waals surface area contributed by atoms with Crippen LogP contribution < -0.4 is 4.74 Å². The van der Waals surface area contributed by atoms with Crippen LogP contribution in [0.1, 0.15) is 10.6 Å². The molecule has 0 saturated carbocycles. The highest BCUT2D eigenvalue weighted by atomic mass is 35.5. The van der Waals surface area contributed by atoms with Crippen LogP contribution in [-0.2, 0) is 0 Å². The van der Waals surface area contributed by atoms with Crippen LogP contribution >= 0.6 is 11.6 Å². The Morgan fingerprint density at radius 2 is 1.62 bits per heavy atom. The van der Waals surface area contributed by atoms with Gasteiger partial charge in [0.05, 0.1) is 5.02 Å². The summed E-state index contributed by atoms with van der Waals surface area (Å²) in [5, 5.41) is 0.565. The number of furan rings is 1. The van der Waals surface area contributed by atoms with E-state index in [-0.39, 0.29) is 5.76 Å². The highest BCUT2D eigenvalue weighted by molar-refractivity contribution is 6.33. The second-order valence-electron chi connectivity index (χ2n) is 4.35. The minimum atomic E-state index is -0.542. The summed E-state index contributed by atoms with van der Waals surface area (Å²) in [6, 6.07) is 19.4. The second-order valence-corrected chi connectivity index (χ2v) is 4.75. The van der Waals surface area contributed by atoms with Gasteiger partial charge >= 0.3 is 5.97 Å². The fourth-order valence-electron chi connectivity index (χ4n) is 1.90. The Bertz CT molecular complexity index is 762. The maximum Gasteiger partial charge on any atom is 0.379 e. The van der Waals surface area contributed by atoms with Crippen molar-refractivity contribution in [3.8, 4) is 17.1 Å². The molecule has 0 N–H and O–H groups in total. The number of hydrogen-bond acceptors (Lipinski definition) is 3. The Labute approximate surface area is 126 Å². The number of halogens is 1. The van der Waals surface area contributed by atoms with Crippen molar-refractivity contribution < 1.29 is 13.9 Å². The van der Waals surface area contributed by atoms with Crippen LogP contribution in [0.25, 0.3) is 11.3 Å². The summed E-state index contributed by atoms with van der Waals surface area (Å²) in [5.41, 5.74) is 0.734. The first-order valence-corrected chi connectivity index (χ1v) is 6.74. The van der Waals surface area contributed by atoms with Crippen molar-refractivity contribution in [3.05, 3.63) is 77.5 Å². The van der Waals surface area contributed by atoms with E-state index in [4.69, 9.17) is 20.8 Å². The lowest BCUT2D eigenvalue weighted by atomic mass is 10.2. The van der Waals surface area contributed by atoms with E-state index in [2.05, 4.69) is 0 Å². The van der Waals surface area contributed by atoms with Crippen molar-refractivity contribution in [2.24, 2.45) is 0 Å².